The van der Waals surface area contributed by atoms with Crippen molar-refractivity contribution >= 4 is 13.7 Å². The van der Waals surface area contributed by atoms with E-state index in [-0.39, 0.29) is 19.1 Å². The maximum atomic E-state index is 13.1. The van der Waals surface area contributed by atoms with Crippen LogP contribution in [0.1, 0.15) is 316 Å². The number of quaternary nitrogens is 1. The fourth-order valence-corrected chi connectivity index (χ4v) is 11.3. The molecule has 0 aromatic rings. The van der Waals surface area contributed by atoms with Gasteiger partial charge in [0.25, 0.3) is 0 Å². The SMILES string of the molecule is CC/C=C\C/C=C\C/C=C\C/C=C\C/C=C\C/C=C\C/C=C\C/C=C\C/C=C\C/C=C\CCCCCCCCCCCCC(=O)NC(COP(=O)(O)OCC[N+](C)(C)C)C(O)/C=C/CC/C=C/CC/C=C/CCCCCCCCCCCCCCCCCCCCCC. The number of hydrogen-bond acceptors (Lipinski definition) is 5. The first kappa shape index (κ1) is 89.1. The van der Waals surface area contributed by atoms with Crippen LogP contribution in [0, 0.1) is 0 Å². The minimum absolute atomic E-state index is 0.0456. The van der Waals surface area contributed by atoms with Crippen molar-refractivity contribution in [1.29, 1.82) is 0 Å². The Balaban J connectivity index is 4.14. The van der Waals surface area contributed by atoms with Gasteiger partial charge in [0.2, 0.25) is 5.91 Å². The molecule has 3 atom stereocenters. The summed E-state index contributed by atoms with van der Waals surface area (Å²) in [4.78, 5) is 23.5. The molecule has 0 aliphatic carbocycles. The molecule has 3 unspecified atom stereocenters. The Bertz CT molecular complexity index is 2080. The smallest absolute Gasteiger partial charge is 0.387 e. The predicted octanol–water partition coefficient (Wildman–Crippen LogP) is 25.3. The maximum absolute atomic E-state index is 13.1. The first-order valence-corrected chi connectivity index (χ1v) is 39.9. The van der Waals surface area contributed by atoms with Crippen LogP contribution >= 0.6 is 7.82 Å². The number of nitrogens with zero attached hydrogens (tertiary/aromatic N) is 1. The molecule has 0 rings (SSSR count). The molecule has 532 valence electrons. The molecule has 0 saturated heterocycles. The van der Waals surface area contributed by atoms with E-state index in [9.17, 15) is 19.4 Å². The van der Waals surface area contributed by atoms with Gasteiger partial charge in [-0.05, 0) is 122 Å². The number of allylic oxidation sites excluding steroid dienone is 25. The van der Waals surface area contributed by atoms with Crippen LogP contribution in [0.25, 0.3) is 0 Å². The number of hydrogen-bond donors (Lipinski definition) is 3. The molecular formula is C84H146N2O6P+. The highest BCUT2D eigenvalue weighted by molar-refractivity contribution is 7.47. The number of rotatable bonds is 69. The van der Waals surface area contributed by atoms with Gasteiger partial charge >= 0.3 is 7.82 Å². The van der Waals surface area contributed by atoms with Gasteiger partial charge in [-0.2, -0.15) is 0 Å². The van der Waals surface area contributed by atoms with Crippen LogP contribution in [-0.2, 0) is 18.4 Å². The van der Waals surface area contributed by atoms with Gasteiger partial charge in [-0.25, -0.2) is 4.57 Å². The second kappa shape index (κ2) is 72.4. The van der Waals surface area contributed by atoms with Crippen molar-refractivity contribution in [1.82, 2.24) is 5.32 Å². The molecule has 0 spiro atoms. The normalized spacial score (nSPS) is 14.4. The summed E-state index contributed by atoms with van der Waals surface area (Å²) in [6.45, 7) is 4.68. The highest BCUT2D eigenvalue weighted by Crippen LogP contribution is 2.43. The largest absolute Gasteiger partial charge is 0.472 e. The lowest BCUT2D eigenvalue weighted by molar-refractivity contribution is -0.870. The molecule has 0 heterocycles. The number of phosphoric acid groups is 1. The zero-order valence-corrected chi connectivity index (χ0v) is 61.8. The molecule has 93 heavy (non-hydrogen) atoms. The molecule has 0 aromatic carbocycles. The van der Waals surface area contributed by atoms with Gasteiger partial charge in [-0.1, -0.05) is 345 Å². The molecule has 8 nitrogen and oxygen atoms in total. The molecule has 0 bridgehead atoms. The number of phosphoric ester groups is 1. The highest BCUT2D eigenvalue weighted by Gasteiger charge is 2.28. The third-order valence-corrected chi connectivity index (χ3v) is 17.4. The fraction of sp³-hybridized carbons (Fsp3) is 0.679. The molecule has 0 aromatic heterocycles. The van der Waals surface area contributed by atoms with Gasteiger partial charge < -0.3 is 19.8 Å². The van der Waals surface area contributed by atoms with Crippen molar-refractivity contribution in [2.75, 3.05) is 40.9 Å². The van der Waals surface area contributed by atoms with Crippen LogP contribution in [-0.4, -0.2) is 73.4 Å². The minimum Gasteiger partial charge on any atom is -0.387 e. The summed E-state index contributed by atoms with van der Waals surface area (Å²) in [5.41, 5.74) is 0. The van der Waals surface area contributed by atoms with E-state index < -0.39 is 20.0 Å². The average Bonchev–Trinajstić information content (AvgIpc) is 2.75. The van der Waals surface area contributed by atoms with E-state index in [0.717, 1.165) is 116 Å². The lowest BCUT2D eigenvalue weighted by Gasteiger charge is -2.25. The van der Waals surface area contributed by atoms with Crippen LogP contribution in [0.2, 0.25) is 0 Å². The van der Waals surface area contributed by atoms with E-state index in [0.29, 0.717) is 17.4 Å². The molecule has 3 N–H and O–H groups in total. The molecule has 0 aliphatic rings. The Morgan fingerprint density at radius 2 is 0.656 bits per heavy atom. The Morgan fingerprint density at radius 3 is 0.989 bits per heavy atom. The number of likely N-dealkylation sites (N-methyl/N-ethyl adjacent to an activating group) is 1. The molecular weight excluding hydrogens is 1160 g/mol. The molecule has 0 radical (unpaired) electrons. The second-order valence-electron chi connectivity index (χ2n) is 26.6. The number of nitrogens with one attached hydrogen (secondary N) is 1. The van der Waals surface area contributed by atoms with Crippen molar-refractivity contribution < 1.29 is 32.9 Å². The van der Waals surface area contributed by atoms with Gasteiger partial charge in [-0.15, -0.1) is 0 Å². The van der Waals surface area contributed by atoms with E-state index in [1.807, 2.05) is 27.2 Å². The van der Waals surface area contributed by atoms with Crippen molar-refractivity contribution in [3.05, 3.63) is 158 Å². The van der Waals surface area contributed by atoms with Crippen molar-refractivity contribution in [3.63, 3.8) is 0 Å². The Kier molecular flexibility index (Phi) is 69.4. The number of aliphatic hydroxyl groups excluding tert-OH is 1. The average molecular weight is 1310 g/mol. The summed E-state index contributed by atoms with van der Waals surface area (Å²) in [5, 5.41) is 14.0. The van der Waals surface area contributed by atoms with Gasteiger partial charge in [0.1, 0.15) is 13.2 Å². The summed E-state index contributed by atoms with van der Waals surface area (Å²) in [6.07, 6.45) is 113. The zero-order valence-electron chi connectivity index (χ0n) is 60.9. The minimum atomic E-state index is -4.38. The lowest BCUT2D eigenvalue weighted by Crippen LogP contribution is -2.45. The third kappa shape index (κ3) is 75.4. The maximum Gasteiger partial charge on any atom is 0.472 e. The fourth-order valence-electron chi connectivity index (χ4n) is 10.6. The first-order chi connectivity index (χ1) is 45.5. The monoisotopic (exact) mass is 1310 g/mol. The predicted molar refractivity (Wildman–Crippen MR) is 410 cm³/mol. The van der Waals surface area contributed by atoms with Gasteiger partial charge in [0.15, 0.2) is 0 Å². The van der Waals surface area contributed by atoms with Crippen molar-refractivity contribution in [2.24, 2.45) is 0 Å². The lowest BCUT2D eigenvalue weighted by atomic mass is 10.0. The summed E-state index contributed by atoms with van der Waals surface area (Å²) in [6, 6.07) is -0.885. The van der Waals surface area contributed by atoms with Crippen LogP contribution in [0.4, 0.5) is 0 Å². The van der Waals surface area contributed by atoms with E-state index in [1.54, 1.807) is 6.08 Å². The van der Waals surface area contributed by atoms with Gasteiger partial charge in [-0.3, -0.25) is 13.8 Å². The number of amides is 1. The highest BCUT2D eigenvalue weighted by atomic mass is 31.2. The van der Waals surface area contributed by atoms with Crippen molar-refractivity contribution in [3.8, 4) is 0 Å². The summed E-state index contributed by atoms with van der Waals surface area (Å²) >= 11 is 0. The molecule has 9 heteroatoms. The van der Waals surface area contributed by atoms with E-state index in [2.05, 4.69) is 165 Å². The number of unbranched alkanes of at least 4 members (excludes halogenated alkanes) is 32. The third-order valence-electron chi connectivity index (χ3n) is 16.5. The Hall–Kier alpha value is -3.88. The first-order valence-electron chi connectivity index (χ1n) is 38.4. The molecule has 0 saturated carbocycles. The summed E-state index contributed by atoms with van der Waals surface area (Å²) in [5.74, 6) is -0.199. The standard InChI is InChI=1S/C84H145N2O6P/c1-6-8-10-12-14-16-18-20-22-24-26-28-30-32-34-36-38-39-40-41-42-43-44-45-46-47-48-50-52-54-56-58-60-62-64-66-68-70-72-74-76-78-84(88)85-82(81-92-93(89,90)91-80-79-86(3,4)5)83(87)77-75-73-71-69-67-65-63-61-59-57-55-53-51-49-37-35-33-31-29-27-25-23-21-19-17-15-13-11-9-7-2/h8,10,14,16,20,22,26,28,32,34,38-39,41-42,44-45,47-48,52,54,59,61,67,69,75,77,82-83,87H,6-7,9,11-13,15,17-19,21,23-25,27,29-31,33,35-37,40,43,46,49-51,53,55-58,60,62-66,68,70-74,76,78-81H2,1-5H3,(H-,85,88,89,90)/p+1/b10-8-,16-14-,22-20-,28-26-,34-32-,39-38-,42-41-,45-44-,48-47-,54-52-,61-59+,69-67+,77-75+. The van der Waals surface area contributed by atoms with Crippen molar-refractivity contribution in [2.45, 2.75) is 328 Å². The topological polar surface area (TPSA) is 105 Å². The van der Waals surface area contributed by atoms with Gasteiger partial charge in [0.05, 0.1) is 39.9 Å². The number of aliphatic hydroxyl groups is 1. The Labute approximate surface area is 575 Å². The molecule has 1 amide bonds. The quantitative estimate of drug-likeness (QED) is 0.0243. The molecule has 0 aliphatic heterocycles. The number of carbonyl (C=O) groups excluding carboxylic acids is 1. The second-order valence-corrected chi connectivity index (χ2v) is 28.1. The van der Waals surface area contributed by atoms with E-state index in [1.165, 1.54) is 180 Å². The van der Waals surface area contributed by atoms with Crippen LogP contribution in [0.5, 0.6) is 0 Å². The summed E-state index contributed by atoms with van der Waals surface area (Å²) in [7, 11) is 1.53. The van der Waals surface area contributed by atoms with E-state index in [4.69, 9.17) is 9.05 Å². The van der Waals surface area contributed by atoms with Crippen LogP contribution in [0.15, 0.2) is 158 Å². The molecule has 0 fully saturated rings. The van der Waals surface area contributed by atoms with E-state index >= 15 is 0 Å². The van der Waals surface area contributed by atoms with Crippen LogP contribution in [0.3, 0.4) is 0 Å². The number of carbonyl (C=O) groups is 1. The van der Waals surface area contributed by atoms with Gasteiger partial charge in [0, 0.05) is 6.42 Å². The summed E-state index contributed by atoms with van der Waals surface area (Å²) < 4.78 is 23.8. The Morgan fingerprint density at radius 1 is 0.376 bits per heavy atom. The zero-order chi connectivity index (χ0) is 67.6. The van der Waals surface area contributed by atoms with Crippen LogP contribution < -0.4 is 5.32 Å².